The van der Waals surface area contributed by atoms with E-state index in [-0.39, 0.29) is 0 Å². The van der Waals surface area contributed by atoms with Crippen molar-refractivity contribution >= 4 is 0 Å². The lowest BCUT2D eigenvalue weighted by atomic mass is 10.1. The summed E-state index contributed by atoms with van der Waals surface area (Å²) in [7, 11) is 0. The Morgan fingerprint density at radius 1 is 1.64 bits per heavy atom. The first-order chi connectivity index (χ1) is 6.84. The number of nitrogens with zero attached hydrogens (tertiary/aromatic N) is 1. The molecule has 0 unspecified atom stereocenters. The molecule has 0 aliphatic rings. The Balaban J connectivity index is 2.28. The van der Waals surface area contributed by atoms with E-state index in [1.54, 1.807) is 6.20 Å². The Bertz CT molecular complexity index is 256. The summed E-state index contributed by atoms with van der Waals surface area (Å²) >= 11 is 0. The van der Waals surface area contributed by atoms with Crippen molar-refractivity contribution in [2.24, 2.45) is 0 Å². The van der Waals surface area contributed by atoms with Gasteiger partial charge in [-0.05, 0) is 37.9 Å². The minimum atomic E-state index is 0.383. The van der Waals surface area contributed by atoms with Gasteiger partial charge in [-0.1, -0.05) is 12.1 Å². The predicted octanol–water partition coefficient (Wildman–Crippen LogP) is 2.70. The van der Waals surface area contributed by atoms with Gasteiger partial charge in [0.05, 0.1) is 0 Å². The number of hydrogen-bond donors (Lipinski definition) is 1. The number of rotatable bonds is 6. The molecule has 0 saturated carbocycles. The van der Waals surface area contributed by atoms with Gasteiger partial charge in [0, 0.05) is 18.4 Å². The minimum absolute atomic E-state index is 0.383. The zero-order valence-corrected chi connectivity index (χ0v) is 8.74. The molecule has 1 atom stereocenters. The highest BCUT2D eigenvalue weighted by molar-refractivity contribution is 5.12. The highest BCUT2D eigenvalue weighted by Crippen LogP contribution is 2.09. The second kappa shape index (κ2) is 6.33. The van der Waals surface area contributed by atoms with Gasteiger partial charge in [-0.25, -0.2) is 0 Å². The van der Waals surface area contributed by atoms with Crippen LogP contribution in [-0.2, 0) is 0 Å². The Hall–Kier alpha value is -1.15. The van der Waals surface area contributed by atoms with E-state index in [1.807, 2.05) is 18.3 Å². The van der Waals surface area contributed by atoms with E-state index in [9.17, 15) is 0 Å². The standard InChI is InChI=1S/C12H18N2/c1-3-4-5-9-14-11(2)12-7-6-8-13-10-12/h3,6-8,10-11,14H,1,4-5,9H2,2H3/t11-/m1/s1. The Kier molecular flexibility index (Phi) is 4.94. The molecule has 0 aromatic carbocycles. The molecule has 0 spiro atoms. The average Bonchev–Trinajstić information content (AvgIpc) is 2.25. The van der Waals surface area contributed by atoms with Gasteiger partial charge in [0.2, 0.25) is 0 Å². The van der Waals surface area contributed by atoms with Crippen LogP contribution in [0.25, 0.3) is 0 Å². The third-order valence-corrected chi connectivity index (χ3v) is 2.22. The number of nitrogens with one attached hydrogen (secondary N) is 1. The molecule has 0 amide bonds. The zero-order valence-electron chi connectivity index (χ0n) is 8.74. The normalized spacial score (nSPS) is 12.4. The van der Waals surface area contributed by atoms with Crippen molar-refractivity contribution in [3.8, 4) is 0 Å². The van der Waals surface area contributed by atoms with Crippen molar-refractivity contribution < 1.29 is 0 Å². The Labute approximate surface area is 86.1 Å². The number of pyridine rings is 1. The highest BCUT2D eigenvalue weighted by Gasteiger charge is 2.02. The van der Waals surface area contributed by atoms with E-state index in [0.29, 0.717) is 6.04 Å². The lowest BCUT2D eigenvalue weighted by Gasteiger charge is -2.12. The van der Waals surface area contributed by atoms with Crippen LogP contribution < -0.4 is 5.32 Å². The summed E-state index contributed by atoms with van der Waals surface area (Å²) < 4.78 is 0. The van der Waals surface area contributed by atoms with E-state index in [1.165, 1.54) is 5.56 Å². The molecular formula is C12H18N2. The maximum Gasteiger partial charge on any atom is 0.0315 e. The van der Waals surface area contributed by atoms with Gasteiger partial charge >= 0.3 is 0 Å². The fourth-order valence-electron chi connectivity index (χ4n) is 1.31. The molecule has 0 radical (unpaired) electrons. The maximum absolute atomic E-state index is 4.09. The molecular weight excluding hydrogens is 172 g/mol. The van der Waals surface area contributed by atoms with Crippen LogP contribution in [0.1, 0.15) is 31.4 Å². The molecule has 0 aliphatic carbocycles. The van der Waals surface area contributed by atoms with Gasteiger partial charge in [0.25, 0.3) is 0 Å². The average molecular weight is 190 g/mol. The lowest BCUT2D eigenvalue weighted by Crippen LogP contribution is -2.19. The minimum Gasteiger partial charge on any atom is -0.310 e. The monoisotopic (exact) mass is 190 g/mol. The number of aromatic nitrogens is 1. The predicted molar refractivity (Wildman–Crippen MR) is 60.1 cm³/mol. The lowest BCUT2D eigenvalue weighted by molar-refractivity contribution is 0.559. The zero-order chi connectivity index (χ0) is 10.2. The van der Waals surface area contributed by atoms with Crippen molar-refractivity contribution in [2.45, 2.75) is 25.8 Å². The summed E-state index contributed by atoms with van der Waals surface area (Å²) in [5, 5.41) is 3.45. The molecule has 0 saturated heterocycles. The Morgan fingerprint density at radius 3 is 3.14 bits per heavy atom. The van der Waals surface area contributed by atoms with Crippen molar-refractivity contribution in [2.75, 3.05) is 6.54 Å². The van der Waals surface area contributed by atoms with Crippen LogP contribution in [0.2, 0.25) is 0 Å². The van der Waals surface area contributed by atoms with Crippen molar-refractivity contribution in [1.29, 1.82) is 0 Å². The number of hydrogen-bond acceptors (Lipinski definition) is 2. The third-order valence-electron chi connectivity index (χ3n) is 2.22. The molecule has 0 aliphatic heterocycles. The van der Waals surface area contributed by atoms with Crippen LogP contribution in [0.3, 0.4) is 0 Å². The third kappa shape index (κ3) is 3.71. The second-order valence-corrected chi connectivity index (χ2v) is 3.39. The molecule has 0 fully saturated rings. The van der Waals surface area contributed by atoms with Gasteiger partial charge in [-0.15, -0.1) is 6.58 Å². The Morgan fingerprint density at radius 2 is 2.50 bits per heavy atom. The van der Waals surface area contributed by atoms with Crippen LogP contribution in [0.4, 0.5) is 0 Å². The second-order valence-electron chi connectivity index (χ2n) is 3.39. The van der Waals surface area contributed by atoms with Crippen LogP contribution >= 0.6 is 0 Å². The summed E-state index contributed by atoms with van der Waals surface area (Å²) in [6, 6.07) is 4.45. The highest BCUT2D eigenvalue weighted by atomic mass is 14.9. The smallest absolute Gasteiger partial charge is 0.0315 e. The van der Waals surface area contributed by atoms with Crippen LogP contribution in [0.15, 0.2) is 37.2 Å². The van der Waals surface area contributed by atoms with E-state index in [4.69, 9.17) is 0 Å². The molecule has 1 rings (SSSR count). The molecule has 14 heavy (non-hydrogen) atoms. The summed E-state index contributed by atoms with van der Waals surface area (Å²) in [5.41, 5.74) is 1.24. The van der Waals surface area contributed by atoms with Gasteiger partial charge < -0.3 is 5.32 Å². The molecule has 1 heterocycles. The van der Waals surface area contributed by atoms with E-state index in [2.05, 4.69) is 29.9 Å². The van der Waals surface area contributed by atoms with Gasteiger partial charge in [-0.2, -0.15) is 0 Å². The topological polar surface area (TPSA) is 24.9 Å². The summed E-state index contributed by atoms with van der Waals surface area (Å²) in [6.07, 6.45) is 7.89. The van der Waals surface area contributed by atoms with E-state index < -0.39 is 0 Å². The fraction of sp³-hybridized carbons (Fsp3) is 0.417. The molecule has 76 valence electrons. The van der Waals surface area contributed by atoms with Crippen LogP contribution in [-0.4, -0.2) is 11.5 Å². The number of allylic oxidation sites excluding steroid dienone is 1. The molecule has 2 heteroatoms. The molecule has 1 aromatic heterocycles. The largest absolute Gasteiger partial charge is 0.310 e. The van der Waals surface area contributed by atoms with Gasteiger partial charge in [0.15, 0.2) is 0 Å². The summed E-state index contributed by atoms with van der Waals surface area (Å²) in [6.45, 7) is 6.89. The van der Waals surface area contributed by atoms with Gasteiger partial charge in [0.1, 0.15) is 0 Å². The first-order valence-electron chi connectivity index (χ1n) is 5.09. The molecule has 1 N–H and O–H groups in total. The van der Waals surface area contributed by atoms with E-state index >= 15 is 0 Å². The van der Waals surface area contributed by atoms with Crippen molar-refractivity contribution in [3.63, 3.8) is 0 Å². The first-order valence-corrected chi connectivity index (χ1v) is 5.09. The summed E-state index contributed by atoms with van der Waals surface area (Å²) in [5.74, 6) is 0. The van der Waals surface area contributed by atoms with Crippen molar-refractivity contribution in [3.05, 3.63) is 42.7 Å². The van der Waals surface area contributed by atoms with E-state index in [0.717, 1.165) is 19.4 Å². The molecule has 2 nitrogen and oxygen atoms in total. The SMILES string of the molecule is C=CCCCN[C@H](C)c1cccnc1. The van der Waals surface area contributed by atoms with Crippen LogP contribution in [0.5, 0.6) is 0 Å². The quantitative estimate of drug-likeness (QED) is 0.551. The molecule has 1 aromatic rings. The maximum atomic E-state index is 4.09. The van der Waals surface area contributed by atoms with Crippen LogP contribution in [0, 0.1) is 0 Å². The first kappa shape index (κ1) is 10.9. The number of unbranched alkanes of at least 4 members (excludes halogenated alkanes) is 1. The summed E-state index contributed by atoms with van der Waals surface area (Å²) in [4.78, 5) is 4.09. The van der Waals surface area contributed by atoms with Gasteiger partial charge in [-0.3, -0.25) is 4.98 Å². The fourth-order valence-corrected chi connectivity index (χ4v) is 1.31. The molecule has 0 bridgehead atoms. The van der Waals surface area contributed by atoms with Crippen molar-refractivity contribution in [1.82, 2.24) is 10.3 Å².